The third-order valence-corrected chi connectivity index (χ3v) is 1.81. The van der Waals surface area contributed by atoms with Crippen molar-refractivity contribution < 1.29 is 14.2 Å². The van der Waals surface area contributed by atoms with Crippen LogP contribution in [0, 0.1) is 0 Å². The Morgan fingerprint density at radius 3 is 1.88 bits per heavy atom. The molecule has 16 heavy (non-hydrogen) atoms. The summed E-state index contributed by atoms with van der Waals surface area (Å²) in [6, 6.07) is 0.513. The molecule has 0 amide bonds. The molecule has 0 radical (unpaired) electrons. The lowest BCUT2D eigenvalue weighted by Gasteiger charge is -2.09. The molecule has 0 atom stereocenters. The van der Waals surface area contributed by atoms with Crippen LogP contribution < -0.4 is 11.1 Å². The molecule has 0 heterocycles. The van der Waals surface area contributed by atoms with E-state index in [4.69, 9.17) is 19.9 Å². The fourth-order valence-corrected chi connectivity index (χ4v) is 1.04. The van der Waals surface area contributed by atoms with Crippen molar-refractivity contribution in [1.82, 2.24) is 5.32 Å². The van der Waals surface area contributed by atoms with Crippen molar-refractivity contribution in [3.8, 4) is 0 Å². The van der Waals surface area contributed by atoms with E-state index in [9.17, 15) is 0 Å². The molecule has 3 N–H and O–H groups in total. The summed E-state index contributed by atoms with van der Waals surface area (Å²) in [6.07, 6.45) is 0. The summed E-state index contributed by atoms with van der Waals surface area (Å²) in [6.45, 7) is 9.47. The maximum atomic E-state index is 5.36. The molecule has 0 aliphatic heterocycles. The summed E-state index contributed by atoms with van der Waals surface area (Å²) in [7, 11) is 0. The van der Waals surface area contributed by atoms with E-state index in [2.05, 4.69) is 19.2 Å². The van der Waals surface area contributed by atoms with Crippen molar-refractivity contribution in [2.75, 3.05) is 52.7 Å². The van der Waals surface area contributed by atoms with Crippen molar-refractivity contribution in [2.24, 2.45) is 5.73 Å². The lowest BCUT2D eigenvalue weighted by atomic mass is 10.4. The molecule has 0 spiro atoms. The second-order valence-electron chi connectivity index (χ2n) is 3.73. The summed E-state index contributed by atoms with van der Waals surface area (Å²) < 4.78 is 15.8. The number of hydrogen-bond donors (Lipinski definition) is 2. The van der Waals surface area contributed by atoms with E-state index in [0.717, 1.165) is 13.2 Å². The summed E-state index contributed by atoms with van der Waals surface area (Å²) in [5.74, 6) is 0. The molecule has 0 aromatic carbocycles. The first-order valence-corrected chi connectivity index (χ1v) is 5.94. The van der Waals surface area contributed by atoms with Crippen LogP contribution in [-0.2, 0) is 14.2 Å². The predicted octanol–water partition coefficient (Wildman–Crippen LogP) is -0.00710. The molecule has 5 nitrogen and oxygen atoms in total. The van der Waals surface area contributed by atoms with Gasteiger partial charge in [0.15, 0.2) is 0 Å². The van der Waals surface area contributed by atoms with E-state index in [1.165, 1.54) is 0 Å². The van der Waals surface area contributed by atoms with Gasteiger partial charge in [0, 0.05) is 19.1 Å². The van der Waals surface area contributed by atoms with Gasteiger partial charge in [-0.25, -0.2) is 0 Å². The highest BCUT2D eigenvalue weighted by atomic mass is 16.5. The first-order valence-electron chi connectivity index (χ1n) is 5.94. The van der Waals surface area contributed by atoms with E-state index in [1.807, 2.05) is 0 Å². The van der Waals surface area contributed by atoms with E-state index >= 15 is 0 Å². The minimum absolute atomic E-state index is 0.513. The van der Waals surface area contributed by atoms with Gasteiger partial charge in [-0.05, 0) is 0 Å². The quantitative estimate of drug-likeness (QED) is 0.465. The molecule has 0 aromatic heterocycles. The molecule has 0 aliphatic carbocycles. The Kier molecular flexibility index (Phi) is 12.7. The third-order valence-electron chi connectivity index (χ3n) is 1.81. The van der Waals surface area contributed by atoms with Crippen LogP contribution in [0.4, 0.5) is 0 Å². The normalized spacial score (nSPS) is 11.2. The summed E-state index contributed by atoms with van der Waals surface area (Å²) in [4.78, 5) is 0. The van der Waals surface area contributed by atoms with Crippen molar-refractivity contribution >= 4 is 0 Å². The Bertz CT molecular complexity index is 134. The zero-order valence-electron chi connectivity index (χ0n) is 10.5. The van der Waals surface area contributed by atoms with Gasteiger partial charge in [0.25, 0.3) is 0 Å². The second-order valence-corrected chi connectivity index (χ2v) is 3.73. The van der Waals surface area contributed by atoms with Crippen LogP contribution in [0.15, 0.2) is 0 Å². The van der Waals surface area contributed by atoms with Crippen LogP contribution in [0.3, 0.4) is 0 Å². The number of ether oxygens (including phenoxy) is 3. The minimum atomic E-state index is 0.513. The van der Waals surface area contributed by atoms with Gasteiger partial charge in [0.05, 0.1) is 39.6 Å². The molecular formula is C11H26N2O3. The maximum Gasteiger partial charge on any atom is 0.0701 e. The zero-order chi connectivity index (χ0) is 12.1. The molecule has 0 bridgehead atoms. The number of nitrogens with one attached hydrogen (secondary N) is 1. The van der Waals surface area contributed by atoms with E-state index in [0.29, 0.717) is 45.6 Å². The van der Waals surface area contributed by atoms with Crippen LogP contribution >= 0.6 is 0 Å². The molecule has 0 rings (SSSR count). The molecule has 0 aromatic rings. The molecular weight excluding hydrogens is 208 g/mol. The third kappa shape index (κ3) is 13.8. The van der Waals surface area contributed by atoms with E-state index in [1.54, 1.807) is 0 Å². The molecule has 0 saturated carbocycles. The van der Waals surface area contributed by atoms with Gasteiger partial charge in [-0.1, -0.05) is 13.8 Å². The Labute approximate surface area is 98.6 Å². The molecule has 98 valence electrons. The Balaban J connectivity index is 2.88. The van der Waals surface area contributed by atoms with Gasteiger partial charge < -0.3 is 25.3 Å². The molecule has 0 aliphatic rings. The van der Waals surface area contributed by atoms with Gasteiger partial charge in [-0.3, -0.25) is 0 Å². The van der Waals surface area contributed by atoms with Gasteiger partial charge >= 0.3 is 0 Å². The molecule has 0 unspecified atom stereocenters. The minimum Gasteiger partial charge on any atom is -0.378 e. The SMILES string of the molecule is CC(C)NCCOCCOCCOCCN. The summed E-state index contributed by atoms with van der Waals surface area (Å²) in [5, 5.41) is 3.27. The molecule has 5 heteroatoms. The Morgan fingerprint density at radius 2 is 1.38 bits per heavy atom. The average Bonchev–Trinajstić information content (AvgIpc) is 2.25. The fourth-order valence-electron chi connectivity index (χ4n) is 1.04. The van der Waals surface area contributed by atoms with E-state index < -0.39 is 0 Å². The summed E-state index contributed by atoms with van der Waals surface area (Å²) in [5.41, 5.74) is 5.27. The highest BCUT2D eigenvalue weighted by molar-refractivity contribution is 4.50. The lowest BCUT2D eigenvalue weighted by Crippen LogP contribution is -2.27. The first kappa shape index (κ1) is 15.8. The van der Waals surface area contributed by atoms with Crippen molar-refractivity contribution in [3.63, 3.8) is 0 Å². The van der Waals surface area contributed by atoms with Crippen molar-refractivity contribution in [1.29, 1.82) is 0 Å². The monoisotopic (exact) mass is 234 g/mol. The van der Waals surface area contributed by atoms with Crippen molar-refractivity contribution in [3.05, 3.63) is 0 Å². The van der Waals surface area contributed by atoms with Gasteiger partial charge in [-0.15, -0.1) is 0 Å². The summed E-state index contributed by atoms with van der Waals surface area (Å²) >= 11 is 0. The zero-order valence-corrected chi connectivity index (χ0v) is 10.5. The first-order chi connectivity index (χ1) is 7.77. The van der Waals surface area contributed by atoms with Crippen LogP contribution in [0.1, 0.15) is 13.8 Å². The number of hydrogen-bond acceptors (Lipinski definition) is 5. The van der Waals surface area contributed by atoms with Crippen LogP contribution in [0.25, 0.3) is 0 Å². The van der Waals surface area contributed by atoms with Crippen molar-refractivity contribution in [2.45, 2.75) is 19.9 Å². The van der Waals surface area contributed by atoms with Gasteiger partial charge in [0.2, 0.25) is 0 Å². The highest BCUT2D eigenvalue weighted by Gasteiger charge is 1.93. The van der Waals surface area contributed by atoms with Crippen LogP contribution in [0.5, 0.6) is 0 Å². The fraction of sp³-hybridized carbons (Fsp3) is 1.00. The standard InChI is InChI=1S/C11H26N2O3/c1-11(2)13-4-6-15-8-10-16-9-7-14-5-3-12/h11,13H,3-10,12H2,1-2H3. The highest BCUT2D eigenvalue weighted by Crippen LogP contribution is 1.81. The number of rotatable bonds is 12. The van der Waals surface area contributed by atoms with E-state index in [-0.39, 0.29) is 0 Å². The van der Waals surface area contributed by atoms with Crippen LogP contribution in [0.2, 0.25) is 0 Å². The largest absolute Gasteiger partial charge is 0.378 e. The second kappa shape index (κ2) is 12.9. The van der Waals surface area contributed by atoms with Crippen LogP contribution in [-0.4, -0.2) is 58.8 Å². The molecule has 0 saturated heterocycles. The topological polar surface area (TPSA) is 65.7 Å². The Morgan fingerprint density at radius 1 is 0.875 bits per heavy atom. The molecule has 0 fully saturated rings. The number of nitrogens with two attached hydrogens (primary N) is 1. The maximum absolute atomic E-state index is 5.36. The smallest absolute Gasteiger partial charge is 0.0701 e. The predicted molar refractivity (Wildman–Crippen MR) is 64.7 cm³/mol. The Hall–Kier alpha value is -0.200. The lowest BCUT2D eigenvalue weighted by molar-refractivity contribution is 0.0164. The van der Waals surface area contributed by atoms with Gasteiger partial charge in [-0.2, -0.15) is 0 Å². The average molecular weight is 234 g/mol. The van der Waals surface area contributed by atoms with Gasteiger partial charge in [0.1, 0.15) is 0 Å².